The summed E-state index contributed by atoms with van der Waals surface area (Å²) in [7, 11) is 0. The number of carbonyl (C=O) groups is 1. The molecular weight excluding hydrogens is 490 g/mol. The number of fused-ring (bicyclic) bond motifs is 1. The van der Waals surface area contributed by atoms with E-state index in [1.807, 2.05) is 0 Å². The van der Waals surface area contributed by atoms with Crippen LogP contribution in [0.1, 0.15) is 47.1 Å². The number of halogens is 6. The molecule has 36 heavy (non-hydrogen) atoms. The van der Waals surface area contributed by atoms with Gasteiger partial charge in [0.15, 0.2) is 0 Å². The van der Waals surface area contributed by atoms with Crippen LogP contribution >= 0.6 is 0 Å². The van der Waals surface area contributed by atoms with E-state index < -0.39 is 34.9 Å². The van der Waals surface area contributed by atoms with E-state index >= 15 is 0 Å². The van der Waals surface area contributed by atoms with Crippen LogP contribution in [0, 0.1) is 0 Å². The van der Waals surface area contributed by atoms with E-state index in [-0.39, 0.29) is 29.1 Å². The maximum atomic E-state index is 13.7. The van der Waals surface area contributed by atoms with Crippen LogP contribution in [0.15, 0.2) is 48.8 Å². The molecule has 2 aromatic heterocycles. The third-order valence-electron chi connectivity index (χ3n) is 6.40. The average molecular weight is 508 g/mol. The Labute approximate surface area is 199 Å². The van der Waals surface area contributed by atoms with Crippen LogP contribution in [0.3, 0.4) is 0 Å². The molecule has 0 aliphatic carbocycles. The lowest BCUT2D eigenvalue weighted by Gasteiger charge is -2.34. The molecule has 7 nitrogen and oxygen atoms in total. The van der Waals surface area contributed by atoms with Crippen LogP contribution in [0.4, 0.5) is 26.3 Å². The van der Waals surface area contributed by atoms with Gasteiger partial charge in [0.25, 0.3) is 5.91 Å². The topological polar surface area (TPSA) is 79.7 Å². The van der Waals surface area contributed by atoms with Gasteiger partial charge in [-0.15, -0.1) is 0 Å². The number of hydrogen-bond donors (Lipinski definition) is 1. The number of nitrogens with one attached hydrogen (secondary N) is 1. The molecule has 0 saturated carbocycles. The number of amides is 1. The van der Waals surface area contributed by atoms with Gasteiger partial charge in [-0.1, -0.05) is 0 Å². The number of rotatable bonds is 3. The second-order valence-corrected chi connectivity index (χ2v) is 8.70. The second kappa shape index (κ2) is 8.07. The Morgan fingerprint density at radius 1 is 0.972 bits per heavy atom. The Bertz CT molecular complexity index is 1440. The van der Waals surface area contributed by atoms with Gasteiger partial charge in [-0.3, -0.25) is 4.79 Å². The minimum absolute atomic E-state index is 0.0617. The van der Waals surface area contributed by atoms with Crippen molar-refractivity contribution < 1.29 is 31.1 Å². The molecule has 0 radical (unpaired) electrons. The lowest BCUT2D eigenvalue weighted by Crippen LogP contribution is -2.44. The Morgan fingerprint density at radius 2 is 1.61 bits per heavy atom. The lowest BCUT2D eigenvalue weighted by molar-refractivity contribution is -0.138. The van der Waals surface area contributed by atoms with Crippen molar-refractivity contribution in [2.45, 2.75) is 37.7 Å². The van der Waals surface area contributed by atoms with Gasteiger partial charge in [0, 0.05) is 6.54 Å². The van der Waals surface area contributed by atoms with Crippen molar-refractivity contribution in [3.63, 3.8) is 0 Å². The van der Waals surface area contributed by atoms with Crippen molar-refractivity contribution in [3.8, 4) is 5.69 Å². The van der Waals surface area contributed by atoms with Crippen molar-refractivity contribution in [3.05, 3.63) is 71.3 Å². The number of benzene rings is 2. The molecular formula is C23H18F6N6O. The summed E-state index contributed by atoms with van der Waals surface area (Å²) in [6, 6.07) is 5.82. The van der Waals surface area contributed by atoms with Crippen molar-refractivity contribution in [1.82, 2.24) is 29.9 Å². The first kappa shape index (κ1) is 23.8. The van der Waals surface area contributed by atoms with Crippen molar-refractivity contribution in [2.24, 2.45) is 0 Å². The molecule has 13 heteroatoms. The summed E-state index contributed by atoms with van der Waals surface area (Å²) in [6.07, 6.45) is -5.66. The van der Waals surface area contributed by atoms with Crippen LogP contribution in [-0.2, 0) is 17.9 Å². The van der Waals surface area contributed by atoms with Crippen LogP contribution in [-0.4, -0.2) is 42.3 Å². The smallest absolute Gasteiger partial charge is 0.340 e. The number of likely N-dealkylation sites (tertiary alicyclic amines) is 1. The van der Waals surface area contributed by atoms with Gasteiger partial charge in [0.2, 0.25) is 0 Å². The molecule has 1 unspecified atom stereocenters. The first-order valence-corrected chi connectivity index (χ1v) is 10.9. The number of carbonyl (C=O) groups excluding carboxylic acids is 1. The normalized spacial score (nSPS) is 18.8. The minimum Gasteiger partial charge on any atom is -0.340 e. The molecule has 1 amide bonds. The number of hydrogen-bond acceptors (Lipinski definition) is 4. The minimum atomic E-state index is -4.69. The zero-order valence-corrected chi connectivity index (χ0v) is 18.7. The fourth-order valence-electron chi connectivity index (χ4n) is 4.52. The molecule has 188 valence electrons. The van der Waals surface area contributed by atoms with E-state index in [1.165, 1.54) is 23.4 Å². The van der Waals surface area contributed by atoms with Gasteiger partial charge < -0.3 is 9.88 Å². The third-order valence-corrected chi connectivity index (χ3v) is 6.40. The van der Waals surface area contributed by atoms with E-state index in [0.717, 1.165) is 35.1 Å². The van der Waals surface area contributed by atoms with E-state index in [9.17, 15) is 31.1 Å². The lowest BCUT2D eigenvalue weighted by atomic mass is 9.96. The highest BCUT2D eigenvalue weighted by atomic mass is 19.4. The van der Waals surface area contributed by atoms with Crippen LogP contribution in [0.5, 0.6) is 0 Å². The Morgan fingerprint density at radius 3 is 2.28 bits per heavy atom. The third kappa shape index (κ3) is 3.97. The summed E-state index contributed by atoms with van der Waals surface area (Å²) in [5.41, 5.74) is -2.75. The van der Waals surface area contributed by atoms with Crippen LogP contribution < -0.4 is 0 Å². The molecule has 2 aromatic carbocycles. The average Bonchev–Trinajstić information content (AvgIpc) is 3.56. The molecule has 1 saturated heterocycles. The van der Waals surface area contributed by atoms with Gasteiger partial charge in [0.1, 0.15) is 5.82 Å². The number of imidazole rings is 1. The molecule has 0 spiro atoms. The van der Waals surface area contributed by atoms with Crippen molar-refractivity contribution in [1.29, 1.82) is 0 Å². The summed E-state index contributed by atoms with van der Waals surface area (Å²) >= 11 is 0. The number of aromatic nitrogens is 5. The summed E-state index contributed by atoms with van der Waals surface area (Å²) in [5.74, 6) is -0.460. The maximum absolute atomic E-state index is 13.7. The largest absolute Gasteiger partial charge is 0.416 e. The first-order valence-electron chi connectivity index (χ1n) is 10.9. The highest BCUT2D eigenvalue weighted by molar-refractivity contribution is 5.98. The van der Waals surface area contributed by atoms with Crippen molar-refractivity contribution in [2.75, 3.05) is 6.54 Å². The summed E-state index contributed by atoms with van der Waals surface area (Å²) in [4.78, 5) is 23.5. The van der Waals surface area contributed by atoms with E-state index in [1.54, 1.807) is 6.92 Å². The zero-order valence-electron chi connectivity index (χ0n) is 18.7. The molecule has 1 aliphatic rings. The quantitative estimate of drug-likeness (QED) is 0.380. The molecule has 1 N–H and O–H groups in total. The summed E-state index contributed by atoms with van der Waals surface area (Å²) in [6.45, 7) is 1.89. The van der Waals surface area contributed by atoms with Gasteiger partial charge >= 0.3 is 12.4 Å². The molecule has 1 aliphatic heterocycles. The highest BCUT2D eigenvalue weighted by Crippen LogP contribution is 2.41. The van der Waals surface area contributed by atoms with Crippen molar-refractivity contribution >= 4 is 16.9 Å². The molecule has 4 aromatic rings. The number of alkyl halides is 6. The number of aromatic amines is 1. The first-order chi connectivity index (χ1) is 16.9. The monoisotopic (exact) mass is 508 g/mol. The zero-order chi connectivity index (χ0) is 25.9. The molecule has 1 fully saturated rings. The Hall–Kier alpha value is -3.90. The van der Waals surface area contributed by atoms with E-state index in [4.69, 9.17) is 0 Å². The van der Waals surface area contributed by atoms with Gasteiger partial charge in [-0.2, -0.15) is 41.3 Å². The van der Waals surface area contributed by atoms with Gasteiger partial charge in [0.05, 0.1) is 51.3 Å². The number of nitrogens with zero attached hydrogens (tertiary/aromatic N) is 5. The predicted molar refractivity (Wildman–Crippen MR) is 115 cm³/mol. The van der Waals surface area contributed by atoms with E-state index in [2.05, 4.69) is 20.2 Å². The second-order valence-electron chi connectivity index (χ2n) is 8.70. The molecule has 5 rings (SSSR count). The van der Waals surface area contributed by atoms with Crippen LogP contribution in [0.2, 0.25) is 0 Å². The van der Waals surface area contributed by atoms with Crippen LogP contribution in [0.25, 0.3) is 16.7 Å². The predicted octanol–water partition coefficient (Wildman–Crippen LogP) is 5.33. The maximum Gasteiger partial charge on any atom is 0.416 e. The van der Waals surface area contributed by atoms with Gasteiger partial charge in [-0.05, 0) is 56.2 Å². The fraction of sp³-hybridized carbons (Fsp3) is 0.304. The standard InChI is InChI=1S/C23H18F6N6O/c1-21(20-32-16-5-3-14(23(27,28)29)12-17(16)33-20)7-2-10-34(21)19(36)15-11-13(22(24,25)26)4-6-18(15)35-30-8-9-31-35/h3-6,8-9,11-12H,2,7,10H2,1H3,(H,32,33). The molecule has 1 atom stereocenters. The summed E-state index contributed by atoms with van der Waals surface area (Å²) < 4.78 is 79.9. The SMILES string of the molecule is CC1(c2nc3cc(C(F)(F)F)ccc3[nH]2)CCCN1C(=O)c1cc(C(F)(F)F)ccc1-n1nccn1. The summed E-state index contributed by atoms with van der Waals surface area (Å²) in [5, 5.41) is 7.89. The Balaban J connectivity index is 1.58. The Kier molecular flexibility index (Phi) is 5.34. The van der Waals surface area contributed by atoms with E-state index in [0.29, 0.717) is 18.4 Å². The van der Waals surface area contributed by atoms with Gasteiger partial charge in [-0.25, -0.2) is 4.98 Å². The molecule has 0 bridgehead atoms. The highest BCUT2D eigenvalue weighted by Gasteiger charge is 2.45. The molecule has 3 heterocycles. The number of H-pyrrole nitrogens is 1. The fourth-order valence-corrected chi connectivity index (χ4v) is 4.52.